The van der Waals surface area contributed by atoms with E-state index >= 15 is 0 Å². The maximum absolute atomic E-state index is 5.84. The standard InChI is InChI=1S/C16H16ClNO2S/c1-19-15-8-12(4-7-14(15)16(18)21)10-20-9-11-2-5-13(17)6-3-11/h2-8H,9-10H2,1H3,(H2,18,21). The lowest BCUT2D eigenvalue weighted by atomic mass is 10.1. The summed E-state index contributed by atoms with van der Waals surface area (Å²) in [4.78, 5) is 0.320. The van der Waals surface area contributed by atoms with E-state index in [1.54, 1.807) is 7.11 Å². The fraction of sp³-hybridized carbons (Fsp3) is 0.188. The van der Waals surface area contributed by atoms with Crippen LogP contribution in [0.2, 0.25) is 5.02 Å². The first-order valence-corrected chi connectivity index (χ1v) is 7.17. The van der Waals surface area contributed by atoms with E-state index in [-0.39, 0.29) is 0 Å². The van der Waals surface area contributed by atoms with Crippen LogP contribution in [0.25, 0.3) is 0 Å². The second-order valence-corrected chi connectivity index (χ2v) is 5.39. The average Bonchev–Trinajstić information content (AvgIpc) is 2.49. The van der Waals surface area contributed by atoms with Crippen molar-refractivity contribution in [2.45, 2.75) is 13.2 Å². The quantitative estimate of drug-likeness (QED) is 0.824. The smallest absolute Gasteiger partial charge is 0.129 e. The van der Waals surface area contributed by atoms with Crippen molar-refractivity contribution in [3.63, 3.8) is 0 Å². The molecule has 0 spiro atoms. The molecule has 0 fully saturated rings. The molecule has 110 valence electrons. The molecule has 0 atom stereocenters. The van der Waals surface area contributed by atoms with Gasteiger partial charge in [0.05, 0.1) is 25.9 Å². The molecule has 0 radical (unpaired) electrons. The van der Waals surface area contributed by atoms with Crippen LogP contribution in [-0.2, 0) is 18.0 Å². The van der Waals surface area contributed by atoms with Crippen molar-refractivity contribution < 1.29 is 9.47 Å². The number of hydrogen-bond acceptors (Lipinski definition) is 3. The fourth-order valence-corrected chi connectivity index (χ4v) is 2.19. The van der Waals surface area contributed by atoms with Gasteiger partial charge >= 0.3 is 0 Å². The zero-order valence-electron chi connectivity index (χ0n) is 11.6. The second kappa shape index (κ2) is 7.41. The second-order valence-electron chi connectivity index (χ2n) is 4.52. The first-order chi connectivity index (χ1) is 10.1. The van der Waals surface area contributed by atoms with Gasteiger partial charge in [-0.1, -0.05) is 42.0 Å². The molecular formula is C16H16ClNO2S. The third-order valence-corrected chi connectivity index (χ3v) is 3.45. The topological polar surface area (TPSA) is 44.5 Å². The highest BCUT2D eigenvalue weighted by Crippen LogP contribution is 2.21. The van der Waals surface area contributed by atoms with Crippen LogP contribution in [0.4, 0.5) is 0 Å². The molecular weight excluding hydrogens is 306 g/mol. The number of ether oxygens (including phenoxy) is 2. The van der Waals surface area contributed by atoms with Gasteiger partial charge in [0.2, 0.25) is 0 Å². The Hall–Kier alpha value is -1.62. The molecule has 0 heterocycles. The number of benzene rings is 2. The van der Waals surface area contributed by atoms with Crippen molar-refractivity contribution in [2.24, 2.45) is 5.73 Å². The molecule has 0 saturated heterocycles. The van der Waals surface area contributed by atoms with Gasteiger partial charge in [0.1, 0.15) is 10.7 Å². The van der Waals surface area contributed by atoms with Gasteiger partial charge in [-0.15, -0.1) is 0 Å². The molecule has 3 nitrogen and oxygen atoms in total. The predicted molar refractivity (Wildman–Crippen MR) is 88.8 cm³/mol. The summed E-state index contributed by atoms with van der Waals surface area (Å²) in [6, 6.07) is 13.2. The third-order valence-electron chi connectivity index (χ3n) is 2.98. The third kappa shape index (κ3) is 4.43. The summed E-state index contributed by atoms with van der Waals surface area (Å²) >= 11 is 10.8. The fourth-order valence-electron chi connectivity index (χ4n) is 1.90. The van der Waals surface area contributed by atoms with Gasteiger partial charge in [0.25, 0.3) is 0 Å². The Balaban J connectivity index is 1.97. The summed E-state index contributed by atoms with van der Waals surface area (Å²) in [7, 11) is 1.59. The van der Waals surface area contributed by atoms with Crippen molar-refractivity contribution in [2.75, 3.05) is 7.11 Å². The average molecular weight is 322 g/mol. The monoisotopic (exact) mass is 321 g/mol. The van der Waals surface area contributed by atoms with Crippen molar-refractivity contribution in [3.8, 4) is 5.75 Å². The molecule has 0 unspecified atom stereocenters. The van der Waals surface area contributed by atoms with Gasteiger partial charge in [-0.2, -0.15) is 0 Å². The van der Waals surface area contributed by atoms with E-state index in [1.165, 1.54) is 0 Å². The summed E-state index contributed by atoms with van der Waals surface area (Å²) in [6.07, 6.45) is 0. The summed E-state index contributed by atoms with van der Waals surface area (Å²) in [6.45, 7) is 1.01. The van der Waals surface area contributed by atoms with Crippen LogP contribution in [0, 0.1) is 0 Å². The predicted octanol–water partition coefficient (Wildman–Crippen LogP) is 3.70. The molecule has 0 amide bonds. The van der Waals surface area contributed by atoms with E-state index < -0.39 is 0 Å². The summed E-state index contributed by atoms with van der Waals surface area (Å²) in [5.74, 6) is 0.662. The van der Waals surface area contributed by atoms with Crippen LogP contribution in [0.5, 0.6) is 5.75 Å². The maximum Gasteiger partial charge on any atom is 0.129 e. The first kappa shape index (κ1) is 15.8. The molecule has 5 heteroatoms. The van der Waals surface area contributed by atoms with Gasteiger partial charge < -0.3 is 15.2 Å². The van der Waals surface area contributed by atoms with Crippen LogP contribution in [0.3, 0.4) is 0 Å². The molecule has 0 bridgehead atoms. The van der Waals surface area contributed by atoms with E-state index in [2.05, 4.69) is 0 Å². The highest BCUT2D eigenvalue weighted by Gasteiger charge is 2.07. The number of hydrogen-bond donors (Lipinski definition) is 1. The lowest BCUT2D eigenvalue weighted by molar-refractivity contribution is 0.107. The Morgan fingerprint density at radius 3 is 2.33 bits per heavy atom. The molecule has 0 aromatic heterocycles. The van der Waals surface area contributed by atoms with Crippen LogP contribution >= 0.6 is 23.8 Å². The Morgan fingerprint density at radius 2 is 1.71 bits per heavy atom. The number of nitrogens with two attached hydrogens (primary N) is 1. The molecule has 2 aromatic carbocycles. The van der Waals surface area contributed by atoms with Crippen LogP contribution in [0.15, 0.2) is 42.5 Å². The van der Waals surface area contributed by atoms with Gasteiger partial charge in [-0.3, -0.25) is 0 Å². The van der Waals surface area contributed by atoms with E-state index in [0.29, 0.717) is 24.0 Å². The molecule has 0 aliphatic rings. The molecule has 0 saturated carbocycles. The minimum atomic E-state index is 0.320. The molecule has 21 heavy (non-hydrogen) atoms. The summed E-state index contributed by atoms with van der Waals surface area (Å²) < 4.78 is 11.0. The molecule has 2 rings (SSSR count). The minimum Gasteiger partial charge on any atom is -0.496 e. The molecule has 2 N–H and O–H groups in total. The van der Waals surface area contributed by atoms with Crippen LogP contribution in [0.1, 0.15) is 16.7 Å². The Morgan fingerprint density at radius 1 is 1.10 bits per heavy atom. The minimum absolute atomic E-state index is 0.320. The zero-order valence-corrected chi connectivity index (χ0v) is 13.2. The Labute approximate surface area is 134 Å². The SMILES string of the molecule is COc1cc(COCc2ccc(Cl)cc2)ccc1C(N)=S. The number of halogens is 1. The summed E-state index contributed by atoms with van der Waals surface area (Å²) in [5, 5.41) is 0.719. The van der Waals surface area contributed by atoms with Crippen molar-refractivity contribution >= 4 is 28.8 Å². The summed E-state index contributed by atoms with van der Waals surface area (Å²) in [5.41, 5.74) is 8.44. The van der Waals surface area contributed by atoms with Gasteiger partial charge in [0, 0.05) is 5.02 Å². The van der Waals surface area contributed by atoms with Crippen molar-refractivity contribution in [3.05, 3.63) is 64.2 Å². The van der Waals surface area contributed by atoms with Crippen molar-refractivity contribution in [1.29, 1.82) is 0 Å². The Kier molecular flexibility index (Phi) is 5.56. The highest BCUT2D eigenvalue weighted by atomic mass is 35.5. The zero-order chi connectivity index (χ0) is 15.2. The maximum atomic E-state index is 5.84. The lowest BCUT2D eigenvalue weighted by Crippen LogP contribution is -2.11. The lowest BCUT2D eigenvalue weighted by Gasteiger charge is -2.10. The van der Waals surface area contributed by atoms with Crippen LogP contribution < -0.4 is 10.5 Å². The first-order valence-electron chi connectivity index (χ1n) is 6.39. The molecule has 2 aromatic rings. The van der Waals surface area contributed by atoms with E-state index in [9.17, 15) is 0 Å². The molecule has 0 aliphatic carbocycles. The van der Waals surface area contributed by atoms with Gasteiger partial charge in [-0.25, -0.2) is 0 Å². The Bertz CT molecular complexity index is 629. The van der Waals surface area contributed by atoms with E-state index in [1.807, 2.05) is 42.5 Å². The molecule has 0 aliphatic heterocycles. The number of rotatable bonds is 6. The largest absolute Gasteiger partial charge is 0.496 e. The normalized spacial score (nSPS) is 10.4. The van der Waals surface area contributed by atoms with E-state index in [0.717, 1.165) is 21.7 Å². The van der Waals surface area contributed by atoms with Crippen molar-refractivity contribution in [1.82, 2.24) is 0 Å². The van der Waals surface area contributed by atoms with Gasteiger partial charge in [-0.05, 0) is 35.4 Å². The van der Waals surface area contributed by atoms with Crippen LogP contribution in [-0.4, -0.2) is 12.1 Å². The number of methoxy groups -OCH3 is 1. The number of thiocarbonyl (C=S) groups is 1. The van der Waals surface area contributed by atoms with E-state index in [4.69, 9.17) is 39.0 Å². The highest BCUT2D eigenvalue weighted by molar-refractivity contribution is 7.80. The van der Waals surface area contributed by atoms with Gasteiger partial charge in [0.15, 0.2) is 0 Å².